The van der Waals surface area contributed by atoms with Gasteiger partial charge in [-0.1, -0.05) is 11.6 Å². The van der Waals surface area contributed by atoms with Gasteiger partial charge in [0.2, 0.25) is 5.54 Å². The molecule has 0 amide bonds. The molecule has 0 saturated carbocycles. The lowest BCUT2D eigenvalue weighted by atomic mass is 10.0. The van der Waals surface area contributed by atoms with Crippen LogP contribution in [0.4, 0.5) is 18.9 Å². The molecule has 0 heterocycles. The number of hydrogen-bond acceptors (Lipinski definition) is 3. The summed E-state index contributed by atoms with van der Waals surface area (Å²) in [6.07, 6.45) is -4.79. The molecule has 1 aromatic carbocycles. The summed E-state index contributed by atoms with van der Waals surface area (Å²) in [5, 5.41) is 2.50. The highest BCUT2D eigenvalue weighted by atomic mass is 35.5. The summed E-state index contributed by atoms with van der Waals surface area (Å²) >= 11 is 5.62. The number of nitrogens with one attached hydrogen (secondary N) is 1. The van der Waals surface area contributed by atoms with E-state index in [-0.39, 0.29) is 5.69 Å². The van der Waals surface area contributed by atoms with Gasteiger partial charge in [0.25, 0.3) is 0 Å². The fraction of sp³-hybridized carbons (Fsp3) is 0.364. The minimum Gasteiger partial charge on any atom is -0.467 e. The predicted molar refractivity (Wildman–Crippen MR) is 61.6 cm³/mol. The van der Waals surface area contributed by atoms with E-state index in [0.29, 0.717) is 11.9 Å². The quantitative estimate of drug-likeness (QED) is 0.865. The molecule has 1 unspecified atom stereocenters. The Labute approximate surface area is 107 Å². The van der Waals surface area contributed by atoms with Crippen LogP contribution >= 0.6 is 11.6 Å². The smallest absolute Gasteiger partial charge is 0.422 e. The molecule has 0 fully saturated rings. The third-order valence-corrected chi connectivity index (χ3v) is 2.65. The number of anilines is 1. The Bertz CT molecular complexity index is 433. The maximum Gasteiger partial charge on any atom is 0.422 e. The number of rotatable bonds is 3. The Morgan fingerprint density at radius 3 is 2.17 bits per heavy atom. The molecule has 0 aromatic heterocycles. The van der Waals surface area contributed by atoms with Crippen molar-refractivity contribution in [3.8, 4) is 0 Å². The molecule has 0 radical (unpaired) electrons. The van der Waals surface area contributed by atoms with Crippen LogP contribution in [0.1, 0.15) is 6.92 Å². The minimum absolute atomic E-state index is 0.115. The molecule has 0 aliphatic rings. The van der Waals surface area contributed by atoms with Gasteiger partial charge >= 0.3 is 12.1 Å². The van der Waals surface area contributed by atoms with Crippen LogP contribution in [0.15, 0.2) is 24.3 Å². The first-order chi connectivity index (χ1) is 8.20. The molecule has 100 valence electrons. The monoisotopic (exact) mass is 281 g/mol. The van der Waals surface area contributed by atoms with Gasteiger partial charge in [0, 0.05) is 10.7 Å². The first-order valence-corrected chi connectivity index (χ1v) is 5.27. The SMILES string of the molecule is COC(=O)C(C)(Nc1ccc(Cl)cc1)C(F)(F)F. The molecule has 0 bridgehead atoms. The Balaban J connectivity index is 3.07. The van der Waals surface area contributed by atoms with Crippen LogP contribution in [0.3, 0.4) is 0 Å². The summed E-state index contributed by atoms with van der Waals surface area (Å²) in [6.45, 7) is 0.716. The molecular formula is C11H11ClF3NO2. The number of ether oxygens (including phenoxy) is 1. The van der Waals surface area contributed by atoms with E-state index in [1.54, 1.807) is 0 Å². The lowest BCUT2D eigenvalue weighted by Gasteiger charge is -2.30. The van der Waals surface area contributed by atoms with E-state index in [0.717, 1.165) is 7.11 Å². The normalized spacial score (nSPS) is 14.8. The van der Waals surface area contributed by atoms with Crippen LogP contribution in [0.5, 0.6) is 0 Å². The van der Waals surface area contributed by atoms with Crippen molar-refractivity contribution in [2.24, 2.45) is 0 Å². The van der Waals surface area contributed by atoms with Crippen LogP contribution < -0.4 is 5.32 Å². The lowest BCUT2D eigenvalue weighted by molar-refractivity contribution is -0.195. The number of halogens is 4. The highest BCUT2D eigenvalue weighted by Crippen LogP contribution is 2.34. The Kier molecular flexibility index (Phi) is 4.11. The van der Waals surface area contributed by atoms with E-state index in [2.05, 4.69) is 10.1 Å². The number of hydrogen-bond donors (Lipinski definition) is 1. The van der Waals surface area contributed by atoms with Crippen LogP contribution in [0, 0.1) is 0 Å². The summed E-state index contributed by atoms with van der Waals surface area (Å²) in [6, 6.07) is 5.51. The van der Waals surface area contributed by atoms with Gasteiger partial charge < -0.3 is 10.1 Å². The van der Waals surface area contributed by atoms with Crippen molar-refractivity contribution >= 4 is 23.3 Å². The van der Waals surface area contributed by atoms with Gasteiger partial charge in [0.05, 0.1) is 7.11 Å². The van der Waals surface area contributed by atoms with Gasteiger partial charge in [-0.05, 0) is 31.2 Å². The molecule has 1 atom stereocenters. The van der Waals surface area contributed by atoms with Crippen molar-refractivity contribution < 1.29 is 22.7 Å². The molecule has 7 heteroatoms. The molecule has 0 saturated heterocycles. The fourth-order valence-electron chi connectivity index (χ4n) is 1.26. The van der Waals surface area contributed by atoms with Crippen molar-refractivity contribution in [2.75, 3.05) is 12.4 Å². The number of carbonyl (C=O) groups is 1. The average Bonchev–Trinajstić information content (AvgIpc) is 2.29. The molecule has 1 N–H and O–H groups in total. The summed E-state index contributed by atoms with van der Waals surface area (Å²) < 4.78 is 42.9. The average molecular weight is 282 g/mol. The third kappa shape index (κ3) is 2.87. The van der Waals surface area contributed by atoms with Gasteiger partial charge in [0.15, 0.2) is 0 Å². The summed E-state index contributed by atoms with van der Waals surface area (Å²) in [5.74, 6) is -1.41. The van der Waals surface area contributed by atoms with Crippen molar-refractivity contribution in [1.29, 1.82) is 0 Å². The Hall–Kier alpha value is -1.43. The topological polar surface area (TPSA) is 38.3 Å². The molecule has 0 spiro atoms. The number of esters is 1. The van der Waals surface area contributed by atoms with E-state index >= 15 is 0 Å². The predicted octanol–water partition coefficient (Wildman–Crippen LogP) is 3.25. The maximum atomic E-state index is 12.9. The molecular weight excluding hydrogens is 271 g/mol. The number of methoxy groups -OCH3 is 1. The van der Waals surface area contributed by atoms with Crippen molar-refractivity contribution in [3.05, 3.63) is 29.3 Å². The Morgan fingerprint density at radius 2 is 1.78 bits per heavy atom. The molecule has 3 nitrogen and oxygen atoms in total. The fourth-order valence-corrected chi connectivity index (χ4v) is 1.39. The van der Waals surface area contributed by atoms with Gasteiger partial charge in [-0.25, -0.2) is 4.79 Å². The minimum atomic E-state index is -4.79. The highest BCUT2D eigenvalue weighted by molar-refractivity contribution is 6.30. The largest absolute Gasteiger partial charge is 0.467 e. The Morgan fingerprint density at radius 1 is 1.28 bits per heavy atom. The number of benzene rings is 1. The summed E-state index contributed by atoms with van der Waals surface area (Å²) in [4.78, 5) is 11.3. The van der Waals surface area contributed by atoms with Crippen molar-refractivity contribution in [3.63, 3.8) is 0 Å². The van der Waals surface area contributed by atoms with Crippen LogP contribution in [0.25, 0.3) is 0 Å². The first-order valence-electron chi connectivity index (χ1n) is 4.89. The van der Waals surface area contributed by atoms with Gasteiger partial charge in [-0.15, -0.1) is 0 Å². The lowest BCUT2D eigenvalue weighted by Crippen LogP contribution is -2.56. The van der Waals surface area contributed by atoms with Crippen LogP contribution in [-0.2, 0) is 9.53 Å². The molecule has 1 aromatic rings. The highest BCUT2D eigenvalue weighted by Gasteiger charge is 2.58. The van der Waals surface area contributed by atoms with Gasteiger partial charge in [-0.2, -0.15) is 13.2 Å². The molecule has 0 aliphatic heterocycles. The van der Waals surface area contributed by atoms with Crippen molar-refractivity contribution in [2.45, 2.75) is 18.6 Å². The summed E-state index contributed by atoms with van der Waals surface area (Å²) in [7, 11) is 0.899. The van der Waals surface area contributed by atoms with E-state index in [9.17, 15) is 18.0 Å². The zero-order valence-electron chi connectivity index (χ0n) is 9.64. The zero-order chi connectivity index (χ0) is 14.0. The number of carbonyl (C=O) groups excluding carboxylic acids is 1. The molecule has 0 aliphatic carbocycles. The van der Waals surface area contributed by atoms with E-state index in [1.807, 2.05) is 0 Å². The first kappa shape index (κ1) is 14.6. The zero-order valence-corrected chi connectivity index (χ0v) is 10.4. The van der Waals surface area contributed by atoms with Crippen LogP contribution in [-0.4, -0.2) is 24.8 Å². The molecule has 18 heavy (non-hydrogen) atoms. The van der Waals surface area contributed by atoms with Gasteiger partial charge in [-0.3, -0.25) is 0 Å². The second-order valence-electron chi connectivity index (χ2n) is 3.75. The van der Waals surface area contributed by atoms with Crippen molar-refractivity contribution in [1.82, 2.24) is 0 Å². The standard InChI is InChI=1S/C11H11ClF3NO2/c1-10(9(17)18-2,11(13,14)15)16-8-5-3-7(12)4-6-8/h3-6,16H,1-2H3. The summed E-state index contributed by atoms with van der Waals surface area (Å²) in [5.41, 5.74) is -2.69. The van der Waals surface area contributed by atoms with Crippen LogP contribution in [0.2, 0.25) is 5.02 Å². The molecule has 1 rings (SSSR count). The van der Waals surface area contributed by atoms with E-state index in [1.165, 1.54) is 24.3 Å². The second-order valence-corrected chi connectivity index (χ2v) is 4.18. The van der Waals surface area contributed by atoms with Gasteiger partial charge in [0.1, 0.15) is 0 Å². The second kappa shape index (κ2) is 5.06. The maximum absolute atomic E-state index is 12.9. The number of alkyl halides is 3. The van der Waals surface area contributed by atoms with E-state index < -0.39 is 17.7 Å². The third-order valence-electron chi connectivity index (χ3n) is 2.40. The van der Waals surface area contributed by atoms with E-state index in [4.69, 9.17) is 11.6 Å².